The van der Waals surface area contributed by atoms with Gasteiger partial charge in [0, 0.05) is 10.6 Å². The molecule has 1 nitrogen and oxygen atoms in total. The Balaban J connectivity index is 1.97. The molecule has 1 aliphatic rings. The first-order valence-corrected chi connectivity index (χ1v) is 5.19. The molecule has 1 aromatic carbocycles. The van der Waals surface area contributed by atoms with Crippen molar-refractivity contribution in [1.29, 1.82) is 0 Å². The maximum absolute atomic E-state index is 13.1. The average Bonchev–Trinajstić information content (AvgIpc) is 2.83. The Morgan fingerprint density at radius 1 is 1.54 bits per heavy atom. The van der Waals surface area contributed by atoms with Crippen LogP contribution in [0.4, 0.5) is 4.39 Å². The van der Waals surface area contributed by atoms with Gasteiger partial charge >= 0.3 is 0 Å². The number of benzene rings is 1. The maximum atomic E-state index is 13.1. The van der Waals surface area contributed by atoms with Crippen molar-refractivity contribution in [3.05, 3.63) is 30.1 Å². The van der Waals surface area contributed by atoms with E-state index < -0.39 is 0 Å². The van der Waals surface area contributed by atoms with Gasteiger partial charge in [0.15, 0.2) is 0 Å². The molecule has 1 saturated heterocycles. The number of rotatable bonds is 3. The number of hydrogen-bond acceptors (Lipinski definition) is 2. The zero-order valence-corrected chi connectivity index (χ0v) is 8.23. The van der Waals surface area contributed by atoms with E-state index in [9.17, 15) is 4.39 Å². The van der Waals surface area contributed by atoms with Gasteiger partial charge in [-0.05, 0) is 19.1 Å². The fourth-order valence-electron chi connectivity index (χ4n) is 0.999. The van der Waals surface area contributed by atoms with Crippen LogP contribution < -0.4 is 0 Å². The first-order valence-electron chi connectivity index (χ1n) is 4.21. The summed E-state index contributed by atoms with van der Waals surface area (Å²) >= 11 is 1.52. The Labute approximate surface area is 81.3 Å². The highest BCUT2D eigenvalue weighted by Gasteiger charge is 2.39. The third-order valence-corrected chi connectivity index (χ3v) is 3.40. The quantitative estimate of drug-likeness (QED) is 0.547. The molecule has 0 radical (unpaired) electrons. The minimum atomic E-state index is -0.142. The lowest BCUT2D eigenvalue weighted by atomic mass is 10.3. The van der Waals surface area contributed by atoms with Crippen molar-refractivity contribution >= 4 is 11.8 Å². The van der Waals surface area contributed by atoms with Crippen molar-refractivity contribution in [3.8, 4) is 0 Å². The molecule has 3 heteroatoms. The standard InChI is InChI=1S/C10H11FOS/c1-10(6-12-10)7-13-9-5-3-2-4-8(9)11/h2-5H,6-7H2,1H3. The molecule has 1 atom stereocenters. The van der Waals surface area contributed by atoms with E-state index >= 15 is 0 Å². The van der Waals surface area contributed by atoms with Crippen LogP contribution in [0.1, 0.15) is 6.92 Å². The fraction of sp³-hybridized carbons (Fsp3) is 0.400. The number of hydrogen-bond donors (Lipinski definition) is 0. The Bertz CT molecular complexity index is 310. The van der Waals surface area contributed by atoms with Gasteiger partial charge in [0.05, 0.1) is 12.2 Å². The predicted octanol–water partition coefficient (Wildman–Crippen LogP) is 2.71. The van der Waals surface area contributed by atoms with E-state index in [2.05, 4.69) is 0 Å². The van der Waals surface area contributed by atoms with Crippen LogP contribution in [0.3, 0.4) is 0 Å². The van der Waals surface area contributed by atoms with Crippen LogP contribution in [0.2, 0.25) is 0 Å². The second-order valence-electron chi connectivity index (χ2n) is 3.46. The van der Waals surface area contributed by atoms with Crippen LogP contribution in [0.5, 0.6) is 0 Å². The highest BCUT2D eigenvalue weighted by molar-refractivity contribution is 7.99. The molecule has 0 aromatic heterocycles. The normalized spacial score (nSPS) is 26.0. The average molecular weight is 198 g/mol. The molecule has 0 saturated carbocycles. The van der Waals surface area contributed by atoms with E-state index in [1.807, 2.05) is 13.0 Å². The van der Waals surface area contributed by atoms with Crippen molar-refractivity contribution in [2.45, 2.75) is 17.4 Å². The Morgan fingerprint density at radius 2 is 2.23 bits per heavy atom. The minimum Gasteiger partial charge on any atom is -0.369 e. The lowest BCUT2D eigenvalue weighted by Crippen LogP contribution is -2.07. The van der Waals surface area contributed by atoms with Gasteiger partial charge in [0.1, 0.15) is 5.82 Å². The molecule has 13 heavy (non-hydrogen) atoms. The maximum Gasteiger partial charge on any atom is 0.136 e. The predicted molar refractivity (Wildman–Crippen MR) is 51.5 cm³/mol. The molecule has 2 rings (SSSR count). The summed E-state index contributed by atoms with van der Waals surface area (Å²) in [6.45, 7) is 2.84. The third-order valence-electron chi connectivity index (χ3n) is 2.01. The van der Waals surface area contributed by atoms with Gasteiger partial charge in [-0.3, -0.25) is 0 Å². The Kier molecular flexibility index (Phi) is 2.30. The van der Waals surface area contributed by atoms with E-state index in [-0.39, 0.29) is 11.4 Å². The van der Waals surface area contributed by atoms with Gasteiger partial charge in [-0.15, -0.1) is 11.8 Å². The molecule has 0 bridgehead atoms. The molecule has 0 spiro atoms. The van der Waals surface area contributed by atoms with Gasteiger partial charge in [0.2, 0.25) is 0 Å². The van der Waals surface area contributed by atoms with Crippen molar-refractivity contribution in [2.24, 2.45) is 0 Å². The van der Waals surface area contributed by atoms with Crippen LogP contribution in [-0.2, 0) is 4.74 Å². The molecule has 1 aliphatic heterocycles. The summed E-state index contributed by atoms with van der Waals surface area (Å²) < 4.78 is 18.3. The van der Waals surface area contributed by atoms with Crippen LogP contribution in [-0.4, -0.2) is 18.0 Å². The molecule has 0 amide bonds. The molecule has 1 heterocycles. The molecular weight excluding hydrogens is 187 g/mol. The number of ether oxygens (including phenoxy) is 1. The number of thioether (sulfide) groups is 1. The van der Waals surface area contributed by atoms with E-state index in [0.29, 0.717) is 4.90 Å². The summed E-state index contributed by atoms with van der Waals surface area (Å²) in [5.41, 5.74) is -0.00700. The first-order chi connectivity index (χ1) is 6.20. The largest absolute Gasteiger partial charge is 0.369 e. The molecule has 1 aromatic rings. The van der Waals surface area contributed by atoms with Crippen molar-refractivity contribution in [2.75, 3.05) is 12.4 Å². The highest BCUT2D eigenvalue weighted by atomic mass is 32.2. The van der Waals surface area contributed by atoms with Crippen LogP contribution in [0.25, 0.3) is 0 Å². The van der Waals surface area contributed by atoms with Crippen molar-refractivity contribution < 1.29 is 9.13 Å². The monoisotopic (exact) mass is 198 g/mol. The second kappa shape index (κ2) is 3.31. The van der Waals surface area contributed by atoms with Gasteiger partial charge < -0.3 is 4.74 Å². The van der Waals surface area contributed by atoms with Crippen LogP contribution >= 0.6 is 11.8 Å². The molecule has 70 valence electrons. The zero-order chi connectivity index (χ0) is 9.31. The van der Waals surface area contributed by atoms with Gasteiger partial charge in [-0.25, -0.2) is 4.39 Å². The summed E-state index contributed by atoms with van der Waals surface area (Å²) in [6, 6.07) is 6.83. The number of halogens is 1. The first kappa shape index (κ1) is 9.03. The summed E-state index contributed by atoms with van der Waals surface area (Å²) in [5.74, 6) is 0.685. The molecule has 1 unspecified atom stereocenters. The van der Waals surface area contributed by atoms with Gasteiger partial charge in [-0.2, -0.15) is 0 Å². The summed E-state index contributed by atoms with van der Waals surface area (Å²) in [6.07, 6.45) is 0. The lowest BCUT2D eigenvalue weighted by Gasteiger charge is -2.04. The van der Waals surface area contributed by atoms with E-state index in [1.165, 1.54) is 17.8 Å². The van der Waals surface area contributed by atoms with Crippen LogP contribution in [0.15, 0.2) is 29.2 Å². The van der Waals surface area contributed by atoms with E-state index in [1.54, 1.807) is 12.1 Å². The summed E-state index contributed by atoms with van der Waals surface area (Å²) in [4.78, 5) is 0.708. The highest BCUT2D eigenvalue weighted by Crippen LogP contribution is 2.33. The van der Waals surface area contributed by atoms with Crippen LogP contribution in [0, 0.1) is 5.82 Å². The Hall–Kier alpha value is -0.540. The smallest absolute Gasteiger partial charge is 0.136 e. The SMILES string of the molecule is CC1(CSc2ccccc2F)CO1. The molecule has 0 N–H and O–H groups in total. The van der Waals surface area contributed by atoms with E-state index in [4.69, 9.17) is 4.74 Å². The second-order valence-corrected chi connectivity index (χ2v) is 4.47. The minimum absolute atomic E-state index is 0.00700. The summed E-state index contributed by atoms with van der Waals surface area (Å²) in [7, 11) is 0. The van der Waals surface area contributed by atoms with Gasteiger partial charge in [-0.1, -0.05) is 12.1 Å². The topological polar surface area (TPSA) is 12.5 Å². The molecule has 1 fully saturated rings. The molecule has 0 aliphatic carbocycles. The third kappa shape index (κ3) is 2.23. The van der Waals surface area contributed by atoms with Crippen molar-refractivity contribution in [1.82, 2.24) is 0 Å². The lowest BCUT2D eigenvalue weighted by molar-refractivity contribution is 0.348. The van der Waals surface area contributed by atoms with Gasteiger partial charge in [0.25, 0.3) is 0 Å². The Morgan fingerprint density at radius 3 is 2.85 bits per heavy atom. The van der Waals surface area contributed by atoms with E-state index in [0.717, 1.165) is 12.4 Å². The zero-order valence-electron chi connectivity index (χ0n) is 7.42. The number of epoxide rings is 1. The summed E-state index contributed by atoms with van der Waals surface area (Å²) in [5, 5.41) is 0. The fourth-order valence-corrected chi connectivity index (χ4v) is 2.01. The molecular formula is C10H11FOS. The van der Waals surface area contributed by atoms with Crippen molar-refractivity contribution in [3.63, 3.8) is 0 Å².